The molecule has 0 aliphatic carbocycles. The Balaban J connectivity index is 1.73. The lowest BCUT2D eigenvalue weighted by atomic mass is 10.0. The number of nitrogens with one attached hydrogen (secondary N) is 1. The van der Waals surface area contributed by atoms with E-state index in [1.165, 1.54) is 5.56 Å². The van der Waals surface area contributed by atoms with E-state index in [0.29, 0.717) is 6.42 Å². The molecular formula is C17H16N2OS. The van der Waals surface area contributed by atoms with E-state index in [0.717, 1.165) is 27.0 Å². The number of fused-ring (bicyclic) bond motifs is 1. The standard InChI is InChI=1S/C17H16N2OS/c1-11-3-4-13(12(2)7-11)8-17(20)19-14-5-6-16-15(9-14)18-10-21-16/h3-7,9-10H,8H2,1-2H3,(H,19,20). The minimum absolute atomic E-state index is 0.00321. The monoisotopic (exact) mass is 296 g/mol. The first kappa shape index (κ1) is 13.8. The zero-order chi connectivity index (χ0) is 14.8. The van der Waals surface area contributed by atoms with Crippen molar-refractivity contribution in [1.29, 1.82) is 0 Å². The van der Waals surface area contributed by atoms with E-state index < -0.39 is 0 Å². The molecule has 1 heterocycles. The summed E-state index contributed by atoms with van der Waals surface area (Å²) in [5.74, 6) is -0.00321. The highest BCUT2D eigenvalue weighted by Crippen LogP contribution is 2.21. The van der Waals surface area contributed by atoms with Crippen molar-refractivity contribution < 1.29 is 4.79 Å². The first-order valence-corrected chi connectivity index (χ1v) is 7.69. The van der Waals surface area contributed by atoms with Crippen LogP contribution < -0.4 is 5.32 Å². The third-order valence-electron chi connectivity index (χ3n) is 3.46. The second-order valence-electron chi connectivity index (χ2n) is 5.19. The van der Waals surface area contributed by atoms with Crippen LogP contribution in [0.3, 0.4) is 0 Å². The molecule has 3 aromatic rings. The summed E-state index contributed by atoms with van der Waals surface area (Å²) in [5.41, 5.74) is 6.96. The zero-order valence-corrected chi connectivity index (χ0v) is 12.8. The number of amides is 1. The van der Waals surface area contributed by atoms with E-state index in [2.05, 4.69) is 23.3 Å². The molecular weight excluding hydrogens is 280 g/mol. The largest absolute Gasteiger partial charge is 0.326 e. The maximum Gasteiger partial charge on any atom is 0.228 e. The highest BCUT2D eigenvalue weighted by Gasteiger charge is 2.07. The number of hydrogen-bond donors (Lipinski definition) is 1. The van der Waals surface area contributed by atoms with Crippen molar-refractivity contribution in [2.24, 2.45) is 0 Å². The predicted octanol–water partition coefficient (Wildman–Crippen LogP) is 4.09. The SMILES string of the molecule is Cc1ccc(CC(=O)Nc2ccc3scnc3c2)c(C)c1. The number of anilines is 1. The van der Waals surface area contributed by atoms with Crippen LogP contribution in [0.1, 0.15) is 16.7 Å². The number of rotatable bonds is 3. The quantitative estimate of drug-likeness (QED) is 0.791. The van der Waals surface area contributed by atoms with Crippen molar-refractivity contribution in [3.05, 3.63) is 58.6 Å². The van der Waals surface area contributed by atoms with Gasteiger partial charge in [0.1, 0.15) is 0 Å². The highest BCUT2D eigenvalue weighted by molar-refractivity contribution is 7.16. The van der Waals surface area contributed by atoms with Crippen LogP contribution in [-0.2, 0) is 11.2 Å². The second kappa shape index (κ2) is 5.66. The van der Waals surface area contributed by atoms with E-state index in [4.69, 9.17) is 0 Å². The van der Waals surface area contributed by atoms with Crippen LogP contribution in [-0.4, -0.2) is 10.9 Å². The third-order valence-corrected chi connectivity index (χ3v) is 4.27. The zero-order valence-electron chi connectivity index (χ0n) is 12.0. The van der Waals surface area contributed by atoms with Gasteiger partial charge in [0, 0.05) is 5.69 Å². The van der Waals surface area contributed by atoms with Gasteiger partial charge in [-0.15, -0.1) is 11.3 Å². The van der Waals surface area contributed by atoms with E-state index in [9.17, 15) is 4.79 Å². The lowest BCUT2D eigenvalue weighted by molar-refractivity contribution is -0.115. The molecule has 1 aromatic heterocycles. The summed E-state index contributed by atoms with van der Waals surface area (Å²) in [6.45, 7) is 4.09. The Labute approximate surface area is 127 Å². The molecule has 0 fully saturated rings. The molecule has 0 spiro atoms. The lowest BCUT2D eigenvalue weighted by Gasteiger charge is -2.08. The van der Waals surface area contributed by atoms with Crippen LogP contribution in [0.15, 0.2) is 41.9 Å². The first-order valence-electron chi connectivity index (χ1n) is 6.81. The summed E-state index contributed by atoms with van der Waals surface area (Å²) in [4.78, 5) is 16.4. The number of carbonyl (C=O) groups excluding carboxylic acids is 1. The Morgan fingerprint density at radius 2 is 2.05 bits per heavy atom. The molecule has 1 N–H and O–H groups in total. The normalized spacial score (nSPS) is 10.8. The molecule has 4 heteroatoms. The lowest BCUT2D eigenvalue weighted by Crippen LogP contribution is -2.15. The Kier molecular flexibility index (Phi) is 3.71. The van der Waals surface area contributed by atoms with Gasteiger partial charge < -0.3 is 5.32 Å². The smallest absolute Gasteiger partial charge is 0.228 e. The average Bonchev–Trinajstić information content (AvgIpc) is 2.89. The summed E-state index contributed by atoms with van der Waals surface area (Å²) in [6.07, 6.45) is 0.390. The molecule has 0 bridgehead atoms. The van der Waals surface area contributed by atoms with Crippen LogP contribution in [0.5, 0.6) is 0 Å². The van der Waals surface area contributed by atoms with Gasteiger partial charge in [0.25, 0.3) is 0 Å². The van der Waals surface area contributed by atoms with Crippen LogP contribution in [0.2, 0.25) is 0 Å². The van der Waals surface area contributed by atoms with E-state index >= 15 is 0 Å². The van der Waals surface area contributed by atoms with Gasteiger partial charge in [-0.2, -0.15) is 0 Å². The maximum absolute atomic E-state index is 12.2. The van der Waals surface area contributed by atoms with E-state index in [1.54, 1.807) is 11.3 Å². The highest BCUT2D eigenvalue weighted by atomic mass is 32.1. The van der Waals surface area contributed by atoms with Gasteiger partial charge in [0.05, 0.1) is 22.1 Å². The van der Waals surface area contributed by atoms with Crippen LogP contribution in [0.4, 0.5) is 5.69 Å². The minimum atomic E-state index is -0.00321. The Hall–Kier alpha value is -2.20. The fourth-order valence-electron chi connectivity index (χ4n) is 2.36. The summed E-state index contributed by atoms with van der Waals surface area (Å²) >= 11 is 1.60. The van der Waals surface area contributed by atoms with Crippen LogP contribution >= 0.6 is 11.3 Å². The third kappa shape index (κ3) is 3.11. The van der Waals surface area contributed by atoms with Crippen molar-refractivity contribution in [3.8, 4) is 0 Å². The molecule has 0 radical (unpaired) electrons. The molecule has 0 unspecified atom stereocenters. The molecule has 0 atom stereocenters. The fraction of sp³-hybridized carbons (Fsp3) is 0.176. The number of nitrogens with zero attached hydrogens (tertiary/aromatic N) is 1. The van der Waals surface area contributed by atoms with Crippen LogP contribution in [0, 0.1) is 13.8 Å². The predicted molar refractivity (Wildman–Crippen MR) is 87.9 cm³/mol. The Morgan fingerprint density at radius 1 is 1.19 bits per heavy atom. The molecule has 21 heavy (non-hydrogen) atoms. The van der Waals surface area contributed by atoms with Crippen LogP contribution in [0.25, 0.3) is 10.2 Å². The molecule has 0 aliphatic rings. The number of aryl methyl sites for hydroxylation is 2. The first-order chi connectivity index (χ1) is 10.1. The molecule has 2 aromatic carbocycles. The number of benzene rings is 2. The molecule has 0 saturated carbocycles. The van der Waals surface area contributed by atoms with Crippen molar-refractivity contribution in [3.63, 3.8) is 0 Å². The fourth-order valence-corrected chi connectivity index (χ4v) is 3.02. The molecule has 0 aliphatic heterocycles. The number of thiazole rings is 1. The summed E-state index contributed by atoms with van der Waals surface area (Å²) in [6, 6.07) is 12.0. The van der Waals surface area contributed by atoms with Crippen molar-refractivity contribution in [1.82, 2.24) is 4.98 Å². The van der Waals surface area contributed by atoms with Gasteiger partial charge in [-0.3, -0.25) is 4.79 Å². The molecule has 3 rings (SSSR count). The van der Waals surface area contributed by atoms with E-state index in [1.807, 2.05) is 42.8 Å². The molecule has 106 valence electrons. The van der Waals surface area contributed by atoms with Gasteiger partial charge in [-0.05, 0) is 43.2 Å². The van der Waals surface area contributed by atoms with Gasteiger partial charge >= 0.3 is 0 Å². The van der Waals surface area contributed by atoms with Gasteiger partial charge in [0.2, 0.25) is 5.91 Å². The van der Waals surface area contributed by atoms with Crippen molar-refractivity contribution in [2.75, 3.05) is 5.32 Å². The summed E-state index contributed by atoms with van der Waals surface area (Å²) in [7, 11) is 0. The number of carbonyl (C=O) groups is 1. The second-order valence-corrected chi connectivity index (χ2v) is 6.08. The maximum atomic E-state index is 12.2. The number of hydrogen-bond acceptors (Lipinski definition) is 3. The van der Waals surface area contributed by atoms with Gasteiger partial charge in [-0.1, -0.05) is 23.8 Å². The summed E-state index contributed by atoms with van der Waals surface area (Å²) in [5, 5.41) is 2.94. The molecule has 0 saturated heterocycles. The van der Waals surface area contributed by atoms with E-state index in [-0.39, 0.29) is 5.91 Å². The van der Waals surface area contributed by atoms with Crippen molar-refractivity contribution in [2.45, 2.75) is 20.3 Å². The molecule has 3 nitrogen and oxygen atoms in total. The Bertz CT molecular complexity index is 807. The minimum Gasteiger partial charge on any atom is -0.326 e. The average molecular weight is 296 g/mol. The van der Waals surface area contributed by atoms with Crippen molar-refractivity contribution >= 4 is 33.1 Å². The topological polar surface area (TPSA) is 42.0 Å². The number of aromatic nitrogens is 1. The van der Waals surface area contributed by atoms with Gasteiger partial charge in [-0.25, -0.2) is 4.98 Å². The Morgan fingerprint density at radius 3 is 2.86 bits per heavy atom. The molecule has 1 amide bonds. The van der Waals surface area contributed by atoms with Gasteiger partial charge in [0.15, 0.2) is 0 Å². The summed E-state index contributed by atoms with van der Waals surface area (Å²) < 4.78 is 1.13.